The molecule has 0 spiro atoms. The van der Waals surface area contributed by atoms with Gasteiger partial charge in [-0.15, -0.1) is 0 Å². The van der Waals surface area contributed by atoms with Gasteiger partial charge in [-0.3, -0.25) is 9.59 Å². The zero-order chi connectivity index (χ0) is 16.7. The number of benzene rings is 1. The molecule has 1 aromatic rings. The minimum absolute atomic E-state index is 0.0669. The van der Waals surface area contributed by atoms with Crippen LogP contribution in [0.1, 0.15) is 48.0 Å². The molecule has 2 amide bonds. The number of amides is 2. The normalized spacial score (nSPS) is 15.0. The molecule has 1 N–H and O–H groups in total. The van der Waals surface area contributed by atoms with E-state index < -0.39 is 0 Å². The zero-order valence-corrected chi connectivity index (χ0v) is 13.9. The first-order chi connectivity index (χ1) is 11.1. The summed E-state index contributed by atoms with van der Waals surface area (Å²) >= 11 is 0. The summed E-state index contributed by atoms with van der Waals surface area (Å²) in [6.07, 6.45) is 7.63. The van der Waals surface area contributed by atoms with Crippen LogP contribution < -0.4 is 5.32 Å². The summed E-state index contributed by atoms with van der Waals surface area (Å²) in [6.45, 7) is 4.70. The van der Waals surface area contributed by atoms with Crippen LogP contribution in [0.5, 0.6) is 0 Å². The van der Waals surface area contributed by atoms with Gasteiger partial charge in [-0.2, -0.15) is 0 Å². The van der Waals surface area contributed by atoms with Gasteiger partial charge >= 0.3 is 0 Å². The molecule has 0 bridgehead atoms. The second kappa shape index (κ2) is 8.51. The minimum atomic E-state index is -0.197. The van der Waals surface area contributed by atoms with Crippen LogP contribution in [0.15, 0.2) is 36.9 Å². The first-order valence-corrected chi connectivity index (χ1v) is 8.35. The van der Waals surface area contributed by atoms with Crippen molar-refractivity contribution in [1.82, 2.24) is 10.2 Å². The first-order valence-electron chi connectivity index (χ1n) is 8.35. The molecule has 23 heavy (non-hydrogen) atoms. The summed E-state index contributed by atoms with van der Waals surface area (Å²) in [4.78, 5) is 25.5. The number of carbonyl (C=O) groups is 2. The Morgan fingerprint density at radius 1 is 1.22 bits per heavy atom. The largest absolute Gasteiger partial charge is 0.348 e. The lowest BCUT2D eigenvalue weighted by atomic mass is 9.89. The molecule has 4 heteroatoms. The van der Waals surface area contributed by atoms with E-state index in [1.54, 1.807) is 0 Å². The monoisotopic (exact) mass is 314 g/mol. The predicted octanol–water partition coefficient (Wildman–Crippen LogP) is 3.14. The molecule has 1 aliphatic carbocycles. The van der Waals surface area contributed by atoms with Gasteiger partial charge in [0.15, 0.2) is 0 Å². The molecule has 124 valence electrons. The van der Waals surface area contributed by atoms with Crippen molar-refractivity contribution in [3.8, 4) is 0 Å². The molecule has 0 unspecified atom stereocenters. The van der Waals surface area contributed by atoms with Crippen LogP contribution >= 0.6 is 0 Å². The molecule has 1 aliphatic rings. The summed E-state index contributed by atoms with van der Waals surface area (Å²) in [5.74, 6) is 0.515. The van der Waals surface area contributed by atoms with Crippen LogP contribution in [0, 0.1) is 5.92 Å². The lowest BCUT2D eigenvalue weighted by Gasteiger charge is -2.27. The lowest BCUT2D eigenvalue weighted by molar-refractivity contribution is -0.116. The number of nitrogens with zero attached hydrogens (tertiary/aromatic N) is 1. The van der Waals surface area contributed by atoms with Gasteiger partial charge in [0.2, 0.25) is 5.91 Å². The Hall–Kier alpha value is -2.10. The number of rotatable bonds is 6. The van der Waals surface area contributed by atoms with Gasteiger partial charge in [0.25, 0.3) is 5.91 Å². The Bertz CT molecular complexity index is 545. The van der Waals surface area contributed by atoms with Crippen molar-refractivity contribution in [2.45, 2.75) is 38.6 Å². The molecule has 0 aromatic heterocycles. The third kappa shape index (κ3) is 5.23. The maximum Gasteiger partial charge on any atom is 0.253 e. The van der Waals surface area contributed by atoms with Gasteiger partial charge in [-0.1, -0.05) is 38.0 Å². The highest BCUT2D eigenvalue weighted by atomic mass is 16.2. The van der Waals surface area contributed by atoms with E-state index in [9.17, 15) is 9.59 Å². The maximum atomic E-state index is 12.5. The number of hydrogen-bond donors (Lipinski definition) is 1. The van der Waals surface area contributed by atoms with Gasteiger partial charge in [0.05, 0.1) is 0 Å². The molecule has 0 atom stereocenters. The van der Waals surface area contributed by atoms with Crippen LogP contribution in [-0.4, -0.2) is 30.3 Å². The molecule has 0 aliphatic heterocycles. The molecule has 1 aromatic carbocycles. The molecule has 1 saturated carbocycles. The highest BCUT2D eigenvalue weighted by Gasteiger charge is 2.19. The van der Waals surface area contributed by atoms with Crippen molar-refractivity contribution < 1.29 is 9.59 Å². The molecule has 4 nitrogen and oxygen atoms in total. The Morgan fingerprint density at radius 3 is 2.48 bits per heavy atom. The third-order valence-corrected chi connectivity index (χ3v) is 4.46. The van der Waals surface area contributed by atoms with E-state index in [0.717, 1.165) is 12.1 Å². The van der Waals surface area contributed by atoms with E-state index in [1.807, 2.05) is 36.2 Å². The Balaban J connectivity index is 1.88. The highest BCUT2D eigenvalue weighted by Crippen LogP contribution is 2.24. The fourth-order valence-corrected chi connectivity index (χ4v) is 3.09. The molecule has 0 heterocycles. The lowest BCUT2D eigenvalue weighted by Crippen LogP contribution is -2.32. The highest BCUT2D eigenvalue weighted by molar-refractivity contribution is 5.94. The van der Waals surface area contributed by atoms with Gasteiger partial charge in [0, 0.05) is 25.7 Å². The molecular formula is C19H26N2O2. The van der Waals surface area contributed by atoms with Crippen LogP contribution in [0.4, 0.5) is 0 Å². The van der Waals surface area contributed by atoms with Crippen LogP contribution in [0.25, 0.3) is 0 Å². The molecule has 2 rings (SSSR count). The van der Waals surface area contributed by atoms with Gasteiger partial charge in [-0.25, -0.2) is 0 Å². The Morgan fingerprint density at radius 2 is 1.87 bits per heavy atom. The number of hydrogen-bond acceptors (Lipinski definition) is 2. The minimum Gasteiger partial charge on any atom is -0.348 e. The van der Waals surface area contributed by atoms with Gasteiger partial charge < -0.3 is 10.2 Å². The van der Waals surface area contributed by atoms with E-state index >= 15 is 0 Å². The summed E-state index contributed by atoms with van der Waals surface area (Å²) in [6, 6.07) is 7.42. The zero-order valence-electron chi connectivity index (χ0n) is 13.9. The van der Waals surface area contributed by atoms with Crippen LogP contribution in [0.3, 0.4) is 0 Å². The first kappa shape index (κ1) is 17.3. The average Bonchev–Trinajstić information content (AvgIpc) is 2.60. The third-order valence-electron chi connectivity index (χ3n) is 4.46. The Kier molecular flexibility index (Phi) is 6.39. The van der Waals surface area contributed by atoms with Crippen molar-refractivity contribution in [2.24, 2.45) is 5.92 Å². The standard InChI is InChI=1S/C19H26N2O2/c1-3-18(22)20-13-15-9-11-17(12-10-15)19(23)21(2)14-16-7-5-4-6-8-16/h3,9-12,16H,1,4-8,13-14H2,2H3,(H,20,22). The molecule has 1 fully saturated rings. The quantitative estimate of drug-likeness (QED) is 0.820. The van der Waals surface area contributed by atoms with E-state index in [1.165, 1.54) is 38.2 Å². The van der Waals surface area contributed by atoms with Gasteiger partial charge in [0.1, 0.15) is 0 Å². The summed E-state index contributed by atoms with van der Waals surface area (Å²) in [5.41, 5.74) is 1.66. The van der Waals surface area contributed by atoms with Crippen molar-refractivity contribution in [3.63, 3.8) is 0 Å². The molecule has 0 saturated heterocycles. The molecular weight excluding hydrogens is 288 g/mol. The van der Waals surface area contributed by atoms with E-state index in [4.69, 9.17) is 0 Å². The van der Waals surface area contributed by atoms with Crippen molar-refractivity contribution in [2.75, 3.05) is 13.6 Å². The van der Waals surface area contributed by atoms with Gasteiger partial charge in [-0.05, 0) is 42.5 Å². The Labute approximate surface area is 138 Å². The molecule has 0 radical (unpaired) electrons. The fourth-order valence-electron chi connectivity index (χ4n) is 3.09. The van der Waals surface area contributed by atoms with Crippen LogP contribution in [0.2, 0.25) is 0 Å². The maximum absolute atomic E-state index is 12.5. The van der Waals surface area contributed by atoms with E-state index in [-0.39, 0.29) is 11.8 Å². The van der Waals surface area contributed by atoms with E-state index in [0.29, 0.717) is 18.0 Å². The van der Waals surface area contributed by atoms with Crippen LogP contribution in [-0.2, 0) is 11.3 Å². The van der Waals surface area contributed by atoms with E-state index in [2.05, 4.69) is 11.9 Å². The predicted molar refractivity (Wildman–Crippen MR) is 92.0 cm³/mol. The topological polar surface area (TPSA) is 49.4 Å². The fraction of sp³-hybridized carbons (Fsp3) is 0.474. The summed E-state index contributed by atoms with van der Waals surface area (Å²) in [7, 11) is 1.88. The average molecular weight is 314 g/mol. The summed E-state index contributed by atoms with van der Waals surface area (Å²) < 4.78 is 0. The van der Waals surface area contributed by atoms with Crippen molar-refractivity contribution in [1.29, 1.82) is 0 Å². The number of nitrogens with one attached hydrogen (secondary N) is 1. The summed E-state index contributed by atoms with van der Waals surface area (Å²) in [5, 5.41) is 2.72. The van der Waals surface area contributed by atoms with Crippen molar-refractivity contribution in [3.05, 3.63) is 48.0 Å². The van der Waals surface area contributed by atoms with Crippen molar-refractivity contribution >= 4 is 11.8 Å². The second-order valence-electron chi connectivity index (χ2n) is 6.31. The smallest absolute Gasteiger partial charge is 0.253 e. The number of carbonyl (C=O) groups excluding carboxylic acids is 2. The SMILES string of the molecule is C=CC(=O)NCc1ccc(C(=O)N(C)CC2CCCCC2)cc1. The second-order valence-corrected chi connectivity index (χ2v) is 6.31.